The van der Waals surface area contributed by atoms with Crippen LogP contribution in [0.25, 0.3) is 0 Å². The van der Waals surface area contributed by atoms with Crippen LogP contribution in [0.4, 0.5) is 4.39 Å². The van der Waals surface area contributed by atoms with Gasteiger partial charge in [-0.05, 0) is 64.3 Å². The number of halogens is 1. The van der Waals surface area contributed by atoms with Crippen LogP contribution >= 0.6 is 0 Å². The molecule has 2 unspecified atom stereocenters. The Labute approximate surface area is 158 Å². The summed E-state index contributed by atoms with van der Waals surface area (Å²) in [4.78, 5) is 24.9. The molecule has 5 nitrogen and oxygen atoms in total. The van der Waals surface area contributed by atoms with Gasteiger partial charge in [0.2, 0.25) is 0 Å². The van der Waals surface area contributed by atoms with E-state index in [2.05, 4.69) is 9.88 Å². The molecule has 0 bridgehead atoms. The number of aromatic nitrogens is 1. The Kier molecular flexibility index (Phi) is 5.35. The quantitative estimate of drug-likeness (QED) is 0.780. The zero-order valence-corrected chi connectivity index (χ0v) is 16.1. The second kappa shape index (κ2) is 7.55. The maximum atomic E-state index is 13.0. The summed E-state index contributed by atoms with van der Waals surface area (Å²) in [5.74, 6) is -1.22. The number of esters is 1. The molecule has 0 saturated heterocycles. The number of nitrogens with zero attached hydrogens (tertiary/aromatic N) is 1. The van der Waals surface area contributed by atoms with Crippen molar-refractivity contribution in [3.8, 4) is 0 Å². The molecule has 1 heterocycles. The first-order chi connectivity index (χ1) is 12.8. The van der Waals surface area contributed by atoms with Crippen LogP contribution in [0.2, 0.25) is 0 Å². The zero-order chi connectivity index (χ0) is 19.7. The van der Waals surface area contributed by atoms with E-state index < -0.39 is 18.0 Å². The standard InChI is InChI=1S/C21H25FN2O3/c1-12-11-19(14(3)24(12)18-9-10-18)21(26)27-15(4)20(25)23-13(2)16-5-7-17(22)8-6-16/h5-8,11,13,15,18H,9-10H2,1-4H3,(H,23,25). The van der Waals surface area contributed by atoms with Crippen molar-refractivity contribution in [2.45, 2.75) is 58.7 Å². The highest BCUT2D eigenvalue weighted by Crippen LogP contribution is 2.38. The molecule has 1 aliphatic rings. The third-order valence-electron chi connectivity index (χ3n) is 5.00. The molecule has 1 aliphatic carbocycles. The second-order valence-corrected chi connectivity index (χ2v) is 7.22. The Bertz CT molecular complexity index is 853. The smallest absolute Gasteiger partial charge is 0.340 e. The number of carbonyl (C=O) groups is 2. The van der Waals surface area contributed by atoms with Gasteiger partial charge in [0.25, 0.3) is 5.91 Å². The first kappa shape index (κ1) is 19.1. The van der Waals surface area contributed by atoms with Gasteiger partial charge in [0.05, 0.1) is 11.6 Å². The highest BCUT2D eigenvalue weighted by Gasteiger charge is 2.30. The van der Waals surface area contributed by atoms with Crippen LogP contribution in [0.5, 0.6) is 0 Å². The van der Waals surface area contributed by atoms with Gasteiger partial charge in [0, 0.05) is 17.4 Å². The fourth-order valence-corrected chi connectivity index (χ4v) is 3.32. The molecule has 0 spiro atoms. The molecular weight excluding hydrogens is 347 g/mol. The fourth-order valence-electron chi connectivity index (χ4n) is 3.32. The molecule has 144 valence electrons. The predicted octanol–water partition coefficient (Wildman–Crippen LogP) is 4.00. The first-order valence-corrected chi connectivity index (χ1v) is 9.23. The largest absolute Gasteiger partial charge is 0.449 e. The van der Waals surface area contributed by atoms with E-state index in [4.69, 9.17) is 4.74 Å². The maximum Gasteiger partial charge on any atom is 0.340 e. The highest BCUT2D eigenvalue weighted by molar-refractivity contribution is 5.93. The minimum atomic E-state index is -0.927. The normalized spacial score (nSPS) is 15.9. The number of aryl methyl sites for hydroxylation is 1. The number of nitrogens with one attached hydrogen (secondary N) is 1. The van der Waals surface area contributed by atoms with Gasteiger partial charge in [0.1, 0.15) is 5.82 Å². The van der Waals surface area contributed by atoms with Gasteiger partial charge in [-0.3, -0.25) is 4.79 Å². The van der Waals surface area contributed by atoms with Gasteiger partial charge < -0.3 is 14.6 Å². The molecule has 27 heavy (non-hydrogen) atoms. The van der Waals surface area contributed by atoms with Crippen LogP contribution in [0, 0.1) is 19.7 Å². The molecule has 6 heteroatoms. The number of hydrogen-bond acceptors (Lipinski definition) is 3. The van der Waals surface area contributed by atoms with E-state index in [1.54, 1.807) is 26.0 Å². The van der Waals surface area contributed by atoms with Gasteiger partial charge in [-0.15, -0.1) is 0 Å². The number of benzene rings is 1. The van der Waals surface area contributed by atoms with Crippen LogP contribution in [-0.2, 0) is 9.53 Å². The molecule has 2 atom stereocenters. The summed E-state index contributed by atoms with van der Waals surface area (Å²) in [6.45, 7) is 7.22. The van der Waals surface area contributed by atoms with E-state index in [1.807, 2.05) is 19.9 Å². The average molecular weight is 372 g/mol. The molecule has 2 aromatic rings. The first-order valence-electron chi connectivity index (χ1n) is 9.23. The number of hydrogen-bond donors (Lipinski definition) is 1. The van der Waals surface area contributed by atoms with Gasteiger partial charge >= 0.3 is 5.97 Å². The summed E-state index contributed by atoms with van der Waals surface area (Å²) in [5.41, 5.74) is 3.19. The SMILES string of the molecule is Cc1cc(C(=O)OC(C)C(=O)NC(C)c2ccc(F)cc2)c(C)n1C1CC1. The molecule has 0 aliphatic heterocycles. The van der Waals surface area contributed by atoms with E-state index in [9.17, 15) is 14.0 Å². The summed E-state index contributed by atoms with van der Waals surface area (Å²) < 4.78 is 20.6. The van der Waals surface area contributed by atoms with Crippen LogP contribution < -0.4 is 5.32 Å². The molecule has 1 N–H and O–H groups in total. The van der Waals surface area contributed by atoms with Crippen molar-refractivity contribution < 1.29 is 18.7 Å². The van der Waals surface area contributed by atoms with E-state index in [0.717, 1.165) is 29.8 Å². The highest BCUT2D eigenvalue weighted by atomic mass is 19.1. The van der Waals surface area contributed by atoms with Crippen molar-refractivity contribution in [2.75, 3.05) is 0 Å². The van der Waals surface area contributed by atoms with Crippen LogP contribution in [0.15, 0.2) is 30.3 Å². The van der Waals surface area contributed by atoms with Gasteiger partial charge in [-0.1, -0.05) is 12.1 Å². The van der Waals surface area contributed by atoms with E-state index in [-0.39, 0.29) is 11.9 Å². The third kappa shape index (κ3) is 4.21. The summed E-state index contributed by atoms with van der Waals surface area (Å²) in [6, 6.07) is 7.89. The summed E-state index contributed by atoms with van der Waals surface area (Å²) in [5, 5.41) is 2.79. The van der Waals surface area contributed by atoms with Crippen molar-refractivity contribution in [3.63, 3.8) is 0 Å². The molecule has 1 amide bonds. The van der Waals surface area contributed by atoms with Gasteiger partial charge in [-0.2, -0.15) is 0 Å². The molecule has 3 rings (SSSR count). The summed E-state index contributed by atoms with van der Waals surface area (Å²) in [6.07, 6.45) is 1.33. The summed E-state index contributed by atoms with van der Waals surface area (Å²) >= 11 is 0. The lowest BCUT2D eigenvalue weighted by atomic mass is 10.1. The number of ether oxygens (including phenoxy) is 1. The van der Waals surface area contributed by atoms with Gasteiger partial charge in [-0.25, -0.2) is 9.18 Å². The fraction of sp³-hybridized carbons (Fsp3) is 0.429. The Morgan fingerprint density at radius 1 is 1.19 bits per heavy atom. The van der Waals surface area contributed by atoms with Gasteiger partial charge in [0.15, 0.2) is 6.10 Å². The van der Waals surface area contributed by atoms with Crippen molar-refractivity contribution in [2.24, 2.45) is 0 Å². The molecule has 1 fully saturated rings. The van der Waals surface area contributed by atoms with Crippen LogP contribution in [-0.4, -0.2) is 22.5 Å². The van der Waals surface area contributed by atoms with Crippen molar-refractivity contribution >= 4 is 11.9 Å². The van der Waals surface area contributed by atoms with E-state index in [1.165, 1.54) is 12.1 Å². The number of amides is 1. The lowest BCUT2D eigenvalue weighted by Gasteiger charge is -2.18. The van der Waals surface area contributed by atoms with Crippen LogP contribution in [0.1, 0.15) is 66.1 Å². The molecule has 1 aromatic heterocycles. The van der Waals surface area contributed by atoms with E-state index in [0.29, 0.717) is 11.6 Å². The Morgan fingerprint density at radius 3 is 2.41 bits per heavy atom. The third-order valence-corrected chi connectivity index (χ3v) is 5.00. The molecular formula is C21H25FN2O3. The summed E-state index contributed by atoms with van der Waals surface area (Å²) in [7, 11) is 0. The minimum Gasteiger partial charge on any atom is -0.449 e. The van der Waals surface area contributed by atoms with Crippen molar-refractivity contribution in [1.29, 1.82) is 0 Å². The Morgan fingerprint density at radius 2 is 1.81 bits per heavy atom. The lowest BCUT2D eigenvalue weighted by Crippen LogP contribution is -2.37. The average Bonchev–Trinajstić information content (AvgIpc) is 3.40. The topological polar surface area (TPSA) is 60.3 Å². The molecule has 1 saturated carbocycles. The monoisotopic (exact) mass is 372 g/mol. The van der Waals surface area contributed by atoms with Crippen molar-refractivity contribution in [3.05, 3.63) is 58.7 Å². The zero-order valence-electron chi connectivity index (χ0n) is 16.1. The molecule has 1 aromatic carbocycles. The number of carbonyl (C=O) groups excluding carboxylic acids is 2. The van der Waals surface area contributed by atoms with E-state index >= 15 is 0 Å². The molecule has 0 radical (unpaired) electrons. The second-order valence-electron chi connectivity index (χ2n) is 7.22. The maximum absolute atomic E-state index is 13.0. The Hall–Kier alpha value is -2.63. The minimum absolute atomic E-state index is 0.320. The predicted molar refractivity (Wildman–Crippen MR) is 100 cm³/mol. The van der Waals surface area contributed by atoms with Crippen LogP contribution in [0.3, 0.4) is 0 Å². The number of rotatable bonds is 6. The van der Waals surface area contributed by atoms with Crippen molar-refractivity contribution in [1.82, 2.24) is 9.88 Å². The lowest BCUT2D eigenvalue weighted by molar-refractivity contribution is -0.129. The Balaban J connectivity index is 1.61.